The molecule has 0 radical (unpaired) electrons. The molecular weight excluding hydrogens is 345 g/mol. The molecule has 0 aromatic heterocycles. The molecule has 14 heavy (non-hydrogen) atoms. The fraction of sp³-hybridized carbons (Fsp3) is 0.143. The number of hydrogen-bond acceptors (Lipinski definition) is 2. The third-order valence-electron chi connectivity index (χ3n) is 1.62. The number of rotatable bonds is 1. The Morgan fingerprint density at radius 3 is 2.50 bits per heavy atom. The quantitative estimate of drug-likeness (QED) is 0.481. The van der Waals surface area contributed by atoms with Crippen molar-refractivity contribution in [1.82, 2.24) is 0 Å². The topological polar surface area (TPSA) is 54.4 Å². The van der Waals surface area contributed by atoms with Gasteiger partial charge in [0.2, 0.25) is 0 Å². The first-order valence-electron chi connectivity index (χ1n) is 3.36. The summed E-state index contributed by atoms with van der Waals surface area (Å²) < 4.78 is 43.9. The minimum atomic E-state index is -4.53. The average Bonchev–Trinajstić information content (AvgIpc) is 2.06. The van der Waals surface area contributed by atoms with Crippen molar-refractivity contribution in [1.29, 1.82) is 0 Å². The molecule has 3 nitrogen and oxygen atoms in total. The highest BCUT2D eigenvalue weighted by Gasteiger charge is 2.21. The lowest BCUT2D eigenvalue weighted by Gasteiger charge is -2.06. The summed E-state index contributed by atoms with van der Waals surface area (Å²) in [6, 6.07) is 0.987. The molecule has 1 N–H and O–H groups in total. The summed E-state index contributed by atoms with van der Waals surface area (Å²) >= 11 is 7.44. The Morgan fingerprint density at radius 1 is 1.57 bits per heavy atom. The van der Waals surface area contributed by atoms with E-state index in [-0.39, 0.29) is 10.6 Å². The van der Waals surface area contributed by atoms with Gasteiger partial charge in [-0.3, -0.25) is 4.55 Å². The zero-order valence-electron chi connectivity index (χ0n) is 6.88. The second kappa shape index (κ2) is 3.92. The van der Waals surface area contributed by atoms with E-state index in [0.717, 1.165) is 6.07 Å². The molecule has 0 fully saturated rings. The highest BCUT2D eigenvalue weighted by Crippen LogP contribution is 2.29. The summed E-state index contributed by atoms with van der Waals surface area (Å²) in [7, 11) is -4.53. The Morgan fingerprint density at radius 2 is 2.07 bits per heavy atom. The monoisotopic (exact) mass is 350 g/mol. The fourth-order valence-electron chi connectivity index (χ4n) is 0.890. The van der Waals surface area contributed by atoms with Crippen molar-refractivity contribution >= 4 is 44.3 Å². The molecule has 0 aliphatic heterocycles. The van der Waals surface area contributed by atoms with Gasteiger partial charge >= 0.3 is 0 Å². The molecule has 7 heteroatoms. The van der Waals surface area contributed by atoms with Gasteiger partial charge in [0.15, 0.2) is 0 Å². The lowest BCUT2D eigenvalue weighted by atomic mass is 10.2. The van der Waals surface area contributed by atoms with Crippen molar-refractivity contribution in [3.05, 3.63) is 26.0 Å². The van der Waals surface area contributed by atoms with E-state index in [9.17, 15) is 12.8 Å². The largest absolute Gasteiger partial charge is 0.297 e. The van der Waals surface area contributed by atoms with Gasteiger partial charge in [-0.25, -0.2) is 4.39 Å². The third-order valence-corrected chi connectivity index (χ3v) is 4.13. The van der Waals surface area contributed by atoms with E-state index < -0.39 is 20.8 Å². The van der Waals surface area contributed by atoms with Gasteiger partial charge in [-0.15, -0.1) is 0 Å². The molecule has 0 amide bonds. The van der Waals surface area contributed by atoms with Crippen LogP contribution in [0.15, 0.2) is 11.0 Å². The van der Waals surface area contributed by atoms with E-state index in [4.69, 9.17) is 16.2 Å². The normalized spacial score (nSPS) is 11.8. The molecule has 78 valence electrons. The summed E-state index contributed by atoms with van der Waals surface area (Å²) in [6.45, 7) is 1.34. The molecule has 0 saturated heterocycles. The first-order valence-corrected chi connectivity index (χ1v) is 6.26. The molecule has 0 heterocycles. The number of hydrogen-bond donors (Lipinski definition) is 1. The summed E-state index contributed by atoms with van der Waals surface area (Å²) in [5.41, 5.74) is 0.00573. The Kier molecular flexibility index (Phi) is 3.40. The van der Waals surface area contributed by atoms with Gasteiger partial charge in [0, 0.05) is 9.13 Å². The summed E-state index contributed by atoms with van der Waals surface area (Å²) in [5.74, 6) is -1.02. The first kappa shape index (κ1) is 12.2. The van der Waals surface area contributed by atoms with E-state index in [2.05, 4.69) is 0 Å². The zero-order chi connectivity index (χ0) is 11.1. The number of halogens is 3. The maximum atomic E-state index is 13.3. The van der Waals surface area contributed by atoms with Crippen LogP contribution >= 0.6 is 34.2 Å². The van der Waals surface area contributed by atoms with Crippen molar-refractivity contribution in [2.45, 2.75) is 11.8 Å². The fourth-order valence-corrected chi connectivity index (χ4v) is 2.60. The molecule has 0 spiro atoms. The van der Waals surface area contributed by atoms with Crippen molar-refractivity contribution in [3.63, 3.8) is 0 Å². The van der Waals surface area contributed by atoms with E-state index in [1.165, 1.54) is 6.92 Å². The van der Waals surface area contributed by atoms with Crippen LogP contribution in [-0.2, 0) is 10.1 Å². The van der Waals surface area contributed by atoms with Crippen LogP contribution in [-0.4, -0.2) is 13.0 Å². The first-order chi connectivity index (χ1) is 6.25. The van der Waals surface area contributed by atoms with Crippen LogP contribution in [0.1, 0.15) is 5.56 Å². The van der Waals surface area contributed by atoms with Gasteiger partial charge in [-0.05, 0) is 35.6 Å². The summed E-state index contributed by atoms with van der Waals surface area (Å²) in [5, 5.41) is 0.149. The Labute approximate surface area is 99.2 Å². The van der Waals surface area contributed by atoms with Crippen LogP contribution in [0.2, 0.25) is 5.02 Å². The Bertz CT molecular complexity index is 486. The van der Waals surface area contributed by atoms with Gasteiger partial charge in [0.1, 0.15) is 10.7 Å². The Balaban J connectivity index is 3.66. The molecular formula is C7H5ClFIO3S. The van der Waals surface area contributed by atoms with E-state index in [1.807, 2.05) is 0 Å². The zero-order valence-corrected chi connectivity index (χ0v) is 10.6. The van der Waals surface area contributed by atoms with Crippen molar-refractivity contribution in [3.8, 4) is 0 Å². The summed E-state index contributed by atoms with van der Waals surface area (Å²) in [4.78, 5) is -0.746. The molecule has 0 aliphatic rings. The van der Waals surface area contributed by atoms with Crippen LogP contribution in [0.3, 0.4) is 0 Å². The summed E-state index contributed by atoms with van der Waals surface area (Å²) in [6.07, 6.45) is 0. The van der Waals surface area contributed by atoms with Crippen LogP contribution in [0, 0.1) is 16.3 Å². The van der Waals surface area contributed by atoms with Crippen molar-refractivity contribution in [2.24, 2.45) is 0 Å². The van der Waals surface area contributed by atoms with E-state index in [0.29, 0.717) is 3.57 Å². The van der Waals surface area contributed by atoms with Gasteiger partial charge in [0.05, 0.1) is 5.02 Å². The van der Waals surface area contributed by atoms with Gasteiger partial charge in [-0.2, -0.15) is 8.42 Å². The SMILES string of the molecule is Cc1c(F)c(S(=O)(=O)O)cc(I)c1Cl. The van der Waals surface area contributed by atoms with Crippen LogP contribution in [0.25, 0.3) is 0 Å². The van der Waals surface area contributed by atoms with Crippen LogP contribution < -0.4 is 0 Å². The average molecular weight is 351 g/mol. The predicted octanol–water partition coefficient (Wildman–Crippen LogP) is 2.64. The maximum absolute atomic E-state index is 13.3. The third kappa shape index (κ3) is 2.18. The second-order valence-corrected chi connectivity index (χ2v) is 5.51. The maximum Gasteiger partial charge on any atom is 0.297 e. The molecule has 1 rings (SSSR count). The highest BCUT2D eigenvalue weighted by atomic mass is 127. The minimum Gasteiger partial charge on any atom is -0.282 e. The second-order valence-electron chi connectivity index (χ2n) is 2.58. The highest BCUT2D eigenvalue weighted by molar-refractivity contribution is 14.1. The van der Waals surface area contributed by atoms with Crippen LogP contribution in [0.5, 0.6) is 0 Å². The molecule has 1 aromatic carbocycles. The lowest BCUT2D eigenvalue weighted by Crippen LogP contribution is -2.04. The van der Waals surface area contributed by atoms with Gasteiger partial charge in [-0.1, -0.05) is 11.6 Å². The molecule has 0 saturated carbocycles. The molecule has 0 aliphatic carbocycles. The molecule has 0 atom stereocenters. The predicted molar refractivity (Wildman–Crippen MR) is 58.7 cm³/mol. The van der Waals surface area contributed by atoms with Gasteiger partial charge in [0.25, 0.3) is 10.1 Å². The van der Waals surface area contributed by atoms with Crippen molar-refractivity contribution < 1.29 is 17.4 Å². The van der Waals surface area contributed by atoms with E-state index in [1.54, 1.807) is 22.6 Å². The number of benzene rings is 1. The standard InChI is InChI=1S/C7H5ClFIO3S/c1-3-6(8)4(10)2-5(7(3)9)14(11,12)13/h2H,1H3,(H,11,12,13). The molecule has 1 aromatic rings. The van der Waals surface area contributed by atoms with Crippen LogP contribution in [0.4, 0.5) is 4.39 Å². The van der Waals surface area contributed by atoms with Crippen molar-refractivity contribution in [2.75, 3.05) is 0 Å². The smallest absolute Gasteiger partial charge is 0.282 e. The minimum absolute atomic E-state index is 0.00573. The molecule has 0 bridgehead atoms. The molecule has 0 unspecified atom stereocenters. The Hall–Kier alpha value is 0.0800. The van der Waals surface area contributed by atoms with Gasteiger partial charge < -0.3 is 0 Å². The lowest BCUT2D eigenvalue weighted by molar-refractivity contribution is 0.472. The van der Waals surface area contributed by atoms with E-state index >= 15 is 0 Å².